The van der Waals surface area contributed by atoms with Crippen molar-refractivity contribution in [3.63, 3.8) is 0 Å². The number of benzene rings is 1. The van der Waals surface area contributed by atoms with Gasteiger partial charge in [0.15, 0.2) is 0 Å². The fraction of sp³-hybridized carbons (Fsp3) is 0.235. The molecule has 1 aromatic carbocycles. The molecule has 5 nitrogen and oxygen atoms in total. The highest BCUT2D eigenvalue weighted by Crippen LogP contribution is 2.45. The van der Waals surface area contributed by atoms with Crippen LogP contribution in [-0.4, -0.2) is 16.8 Å². The minimum absolute atomic E-state index is 0.128. The summed E-state index contributed by atoms with van der Waals surface area (Å²) in [4.78, 5) is 28.3. The molecular weight excluding hydrogens is 297 g/mol. The van der Waals surface area contributed by atoms with Gasteiger partial charge in [0, 0.05) is 17.4 Å². The average molecular weight is 311 g/mol. The summed E-state index contributed by atoms with van der Waals surface area (Å²) in [7, 11) is 0. The van der Waals surface area contributed by atoms with Crippen molar-refractivity contribution in [1.82, 2.24) is 10.3 Å². The Kier molecular flexibility index (Phi) is 2.94. The van der Waals surface area contributed by atoms with Crippen LogP contribution in [0.25, 0.3) is 0 Å². The number of pyridine rings is 1. The summed E-state index contributed by atoms with van der Waals surface area (Å²) in [5.74, 6) is -0.849. The van der Waals surface area contributed by atoms with Gasteiger partial charge >= 0.3 is 0 Å². The number of nitrogens with zero attached hydrogens (tertiary/aromatic N) is 1. The Hall–Kier alpha value is -2.76. The van der Waals surface area contributed by atoms with E-state index < -0.39 is 11.4 Å². The van der Waals surface area contributed by atoms with E-state index in [-0.39, 0.29) is 23.9 Å². The fourth-order valence-corrected chi connectivity index (χ4v) is 3.03. The Bertz CT molecular complexity index is 830. The van der Waals surface area contributed by atoms with Gasteiger partial charge in [-0.1, -0.05) is 6.07 Å². The summed E-state index contributed by atoms with van der Waals surface area (Å²) in [5, 5.41) is 5.63. The van der Waals surface area contributed by atoms with Crippen LogP contribution in [0, 0.1) is 5.82 Å². The van der Waals surface area contributed by atoms with E-state index in [1.165, 1.54) is 18.3 Å². The first-order chi connectivity index (χ1) is 11.1. The normalized spacial score (nSPS) is 17.3. The van der Waals surface area contributed by atoms with E-state index in [1.54, 1.807) is 18.2 Å². The highest BCUT2D eigenvalue weighted by molar-refractivity contribution is 6.06. The van der Waals surface area contributed by atoms with Gasteiger partial charge in [-0.15, -0.1) is 0 Å². The number of anilines is 1. The third-order valence-corrected chi connectivity index (χ3v) is 4.35. The predicted octanol–water partition coefficient (Wildman–Crippen LogP) is 2.13. The standard InChI is InChI=1S/C17H14FN3O2/c18-12-4-2-8-19-15(12)17(6-7-17)21-16(23)10-3-1-5-13-11(10)9-14(22)20-13/h1-5,8H,6-7,9H2,(H,20,22)(H,21,23). The summed E-state index contributed by atoms with van der Waals surface area (Å²) < 4.78 is 14.0. The van der Waals surface area contributed by atoms with E-state index in [4.69, 9.17) is 0 Å². The number of nitrogens with one attached hydrogen (secondary N) is 2. The molecule has 0 radical (unpaired) electrons. The molecule has 1 fully saturated rings. The summed E-state index contributed by atoms with van der Waals surface area (Å²) >= 11 is 0. The second-order valence-corrected chi connectivity index (χ2v) is 5.93. The van der Waals surface area contributed by atoms with E-state index in [2.05, 4.69) is 15.6 Å². The van der Waals surface area contributed by atoms with Crippen LogP contribution >= 0.6 is 0 Å². The second kappa shape index (κ2) is 4.87. The Labute approximate surface area is 131 Å². The van der Waals surface area contributed by atoms with Crippen LogP contribution in [0.3, 0.4) is 0 Å². The first-order valence-electron chi connectivity index (χ1n) is 7.44. The molecule has 116 valence electrons. The summed E-state index contributed by atoms with van der Waals surface area (Å²) in [6.45, 7) is 0. The summed E-state index contributed by atoms with van der Waals surface area (Å²) in [5.41, 5.74) is 1.34. The minimum Gasteiger partial charge on any atom is -0.341 e. The van der Waals surface area contributed by atoms with Gasteiger partial charge in [0.1, 0.15) is 11.5 Å². The van der Waals surface area contributed by atoms with Crippen molar-refractivity contribution in [3.05, 3.63) is 59.2 Å². The lowest BCUT2D eigenvalue weighted by molar-refractivity contribution is -0.115. The number of aromatic nitrogens is 1. The molecule has 0 atom stereocenters. The number of hydrogen-bond acceptors (Lipinski definition) is 3. The Morgan fingerprint density at radius 2 is 2.09 bits per heavy atom. The van der Waals surface area contributed by atoms with Crippen LogP contribution in [0.1, 0.15) is 34.5 Å². The van der Waals surface area contributed by atoms with E-state index in [1.807, 2.05) is 0 Å². The van der Waals surface area contributed by atoms with Gasteiger partial charge in [-0.2, -0.15) is 0 Å². The molecule has 23 heavy (non-hydrogen) atoms. The SMILES string of the molecule is O=C1Cc2c(cccc2C(=O)NC2(c3ncccc3F)CC2)N1. The minimum atomic E-state index is -0.735. The van der Waals surface area contributed by atoms with Gasteiger partial charge in [-0.3, -0.25) is 14.6 Å². The number of carbonyl (C=O) groups is 2. The number of rotatable bonds is 3. The monoisotopic (exact) mass is 311 g/mol. The van der Waals surface area contributed by atoms with Crippen molar-refractivity contribution in [3.8, 4) is 0 Å². The number of carbonyl (C=O) groups excluding carboxylic acids is 2. The Morgan fingerprint density at radius 1 is 1.26 bits per heavy atom. The third kappa shape index (κ3) is 2.27. The summed E-state index contributed by atoms with van der Waals surface area (Å²) in [6.07, 6.45) is 3.01. The molecule has 0 bridgehead atoms. The smallest absolute Gasteiger partial charge is 0.252 e. The van der Waals surface area contributed by atoms with Gasteiger partial charge in [0.25, 0.3) is 5.91 Å². The summed E-state index contributed by atoms with van der Waals surface area (Å²) in [6, 6.07) is 8.04. The van der Waals surface area contributed by atoms with Crippen LogP contribution in [0.5, 0.6) is 0 Å². The maximum Gasteiger partial charge on any atom is 0.252 e. The van der Waals surface area contributed by atoms with E-state index in [9.17, 15) is 14.0 Å². The molecule has 2 N–H and O–H groups in total. The maximum absolute atomic E-state index is 14.0. The van der Waals surface area contributed by atoms with Crippen molar-refractivity contribution in [2.45, 2.75) is 24.8 Å². The van der Waals surface area contributed by atoms with Crippen molar-refractivity contribution in [1.29, 1.82) is 0 Å². The topological polar surface area (TPSA) is 71.1 Å². The zero-order valence-corrected chi connectivity index (χ0v) is 12.2. The highest BCUT2D eigenvalue weighted by atomic mass is 19.1. The molecule has 2 amide bonds. The van der Waals surface area contributed by atoms with Gasteiger partial charge in [0.05, 0.1) is 12.0 Å². The molecule has 1 saturated carbocycles. The lowest BCUT2D eigenvalue weighted by Gasteiger charge is -2.18. The largest absolute Gasteiger partial charge is 0.341 e. The molecule has 1 aliphatic heterocycles. The first-order valence-corrected chi connectivity index (χ1v) is 7.44. The van der Waals surface area contributed by atoms with E-state index in [0.29, 0.717) is 29.7 Å². The molecule has 2 aliphatic rings. The van der Waals surface area contributed by atoms with Crippen LogP contribution in [0.15, 0.2) is 36.5 Å². The first kappa shape index (κ1) is 13.9. The van der Waals surface area contributed by atoms with E-state index in [0.717, 1.165) is 0 Å². The van der Waals surface area contributed by atoms with Crippen LogP contribution in [-0.2, 0) is 16.8 Å². The third-order valence-electron chi connectivity index (χ3n) is 4.35. The van der Waals surface area contributed by atoms with Gasteiger partial charge in [-0.25, -0.2) is 4.39 Å². The lowest BCUT2D eigenvalue weighted by Crippen LogP contribution is -2.36. The average Bonchev–Trinajstić information content (AvgIpc) is 3.19. The molecule has 0 unspecified atom stereocenters. The predicted molar refractivity (Wildman–Crippen MR) is 81.3 cm³/mol. The molecule has 1 aliphatic carbocycles. The number of hydrogen-bond donors (Lipinski definition) is 2. The number of halogens is 1. The molecular formula is C17H14FN3O2. The zero-order valence-electron chi connectivity index (χ0n) is 12.2. The zero-order chi connectivity index (χ0) is 16.0. The molecule has 2 aromatic rings. The molecule has 2 heterocycles. The number of fused-ring (bicyclic) bond motifs is 1. The van der Waals surface area contributed by atoms with Gasteiger partial charge in [0.2, 0.25) is 5.91 Å². The van der Waals surface area contributed by atoms with E-state index >= 15 is 0 Å². The van der Waals surface area contributed by atoms with Gasteiger partial charge in [-0.05, 0) is 42.7 Å². The quantitative estimate of drug-likeness (QED) is 0.912. The van der Waals surface area contributed by atoms with Crippen LogP contribution in [0.4, 0.5) is 10.1 Å². The fourth-order valence-electron chi connectivity index (χ4n) is 3.03. The highest BCUT2D eigenvalue weighted by Gasteiger charge is 2.49. The van der Waals surface area contributed by atoms with Crippen molar-refractivity contribution < 1.29 is 14.0 Å². The van der Waals surface area contributed by atoms with Gasteiger partial charge < -0.3 is 10.6 Å². The molecule has 6 heteroatoms. The van der Waals surface area contributed by atoms with Crippen LogP contribution in [0.2, 0.25) is 0 Å². The molecule has 0 spiro atoms. The number of amides is 2. The molecule has 0 saturated heterocycles. The molecule has 4 rings (SSSR count). The molecule has 1 aromatic heterocycles. The Balaban J connectivity index is 1.64. The Morgan fingerprint density at radius 3 is 2.83 bits per heavy atom. The van der Waals surface area contributed by atoms with Crippen LogP contribution < -0.4 is 10.6 Å². The second-order valence-electron chi connectivity index (χ2n) is 5.93. The van der Waals surface area contributed by atoms with Crippen molar-refractivity contribution >= 4 is 17.5 Å². The lowest BCUT2D eigenvalue weighted by atomic mass is 10.0. The maximum atomic E-state index is 14.0. The van der Waals surface area contributed by atoms with Crippen molar-refractivity contribution in [2.75, 3.05) is 5.32 Å². The van der Waals surface area contributed by atoms with Crippen molar-refractivity contribution in [2.24, 2.45) is 0 Å².